The summed E-state index contributed by atoms with van der Waals surface area (Å²) < 4.78 is 11.2. The Morgan fingerprint density at radius 3 is 2.52 bits per heavy atom. The second-order valence-corrected chi connectivity index (χ2v) is 8.44. The average molecular weight is 444 g/mol. The fraction of sp³-hybridized carbons (Fsp3) is 0.458. The predicted molar refractivity (Wildman–Crippen MR) is 122 cm³/mol. The fourth-order valence-electron chi connectivity index (χ4n) is 4.10. The van der Waals surface area contributed by atoms with E-state index in [0.717, 1.165) is 50.4 Å². The first-order valence-electron chi connectivity index (χ1n) is 11.0. The van der Waals surface area contributed by atoms with Gasteiger partial charge in [-0.25, -0.2) is 0 Å². The zero-order valence-corrected chi connectivity index (χ0v) is 18.8. The largest absolute Gasteiger partial charge is 0.486 e. The van der Waals surface area contributed by atoms with Gasteiger partial charge >= 0.3 is 0 Å². The summed E-state index contributed by atoms with van der Waals surface area (Å²) in [6.07, 6.45) is 0.248. The van der Waals surface area contributed by atoms with Crippen molar-refractivity contribution in [2.24, 2.45) is 0 Å². The van der Waals surface area contributed by atoms with E-state index in [0.29, 0.717) is 36.3 Å². The highest BCUT2D eigenvalue weighted by molar-refractivity contribution is 6.32. The van der Waals surface area contributed by atoms with Crippen LogP contribution in [0, 0.1) is 0 Å². The van der Waals surface area contributed by atoms with Crippen molar-refractivity contribution in [3.8, 4) is 11.5 Å². The van der Waals surface area contributed by atoms with Crippen LogP contribution in [0.5, 0.6) is 11.5 Å². The number of nitrogens with zero attached hydrogens (tertiary/aromatic N) is 2. The maximum atomic E-state index is 12.6. The molecule has 1 saturated heterocycles. The zero-order valence-electron chi connectivity index (χ0n) is 18.0. The maximum absolute atomic E-state index is 12.6. The minimum absolute atomic E-state index is 0.0425. The van der Waals surface area contributed by atoms with Crippen molar-refractivity contribution < 1.29 is 14.3 Å². The van der Waals surface area contributed by atoms with Gasteiger partial charge in [0.15, 0.2) is 11.5 Å². The molecule has 4 rings (SSSR count). The molecule has 6 nitrogen and oxygen atoms in total. The summed E-state index contributed by atoms with van der Waals surface area (Å²) >= 11 is 6.29. The SMILES string of the molecule is CCN1CCN(Cc2ccccc2CNC(=O)Cc2cc(Cl)c3c(c2)OCCO3)CC1. The van der Waals surface area contributed by atoms with Gasteiger partial charge in [-0.15, -0.1) is 0 Å². The van der Waals surface area contributed by atoms with Crippen molar-refractivity contribution in [1.29, 1.82) is 0 Å². The Hall–Kier alpha value is -2.28. The van der Waals surface area contributed by atoms with Crippen molar-refractivity contribution in [1.82, 2.24) is 15.1 Å². The van der Waals surface area contributed by atoms with E-state index in [1.807, 2.05) is 12.1 Å². The summed E-state index contributed by atoms with van der Waals surface area (Å²) in [4.78, 5) is 17.6. The molecule has 31 heavy (non-hydrogen) atoms. The van der Waals surface area contributed by atoms with Gasteiger partial charge in [0.2, 0.25) is 5.91 Å². The molecule has 0 radical (unpaired) electrons. The molecule has 2 aromatic rings. The number of amides is 1. The monoisotopic (exact) mass is 443 g/mol. The molecule has 0 spiro atoms. The van der Waals surface area contributed by atoms with E-state index in [9.17, 15) is 4.79 Å². The maximum Gasteiger partial charge on any atom is 0.224 e. The molecule has 0 aliphatic carbocycles. The second-order valence-electron chi connectivity index (χ2n) is 8.03. The van der Waals surface area contributed by atoms with Gasteiger partial charge in [0.05, 0.1) is 11.4 Å². The van der Waals surface area contributed by atoms with Crippen LogP contribution in [0.3, 0.4) is 0 Å². The van der Waals surface area contributed by atoms with Crippen LogP contribution in [0.25, 0.3) is 0 Å². The summed E-state index contributed by atoms with van der Waals surface area (Å²) in [5, 5.41) is 3.54. The molecule has 0 saturated carbocycles. The van der Waals surface area contributed by atoms with Crippen LogP contribution in [0.1, 0.15) is 23.6 Å². The highest BCUT2D eigenvalue weighted by atomic mass is 35.5. The minimum Gasteiger partial charge on any atom is -0.486 e. The number of rotatable bonds is 7. The number of carbonyl (C=O) groups excluding carboxylic acids is 1. The molecule has 2 aromatic carbocycles. The first-order chi connectivity index (χ1) is 15.1. The van der Waals surface area contributed by atoms with Gasteiger partial charge in [-0.2, -0.15) is 0 Å². The molecule has 2 heterocycles. The molecule has 0 bridgehead atoms. The lowest BCUT2D eigenvalue weighted by molar-refractivity contribution is -0.120. The standard InChI is InChI=1S/C24H30ClN3O3/c1-2-27-7-9-28(10-8-27)17-20-6-4-3-5-19(20)16-26-23(29)15-18-13-21(25)24-22(14-18)30-11-12-31-24/h3-6,13-14H,2,7-12,15-17H2,1H3,(H,26,29). The van der Waals surface area contributed by atoms with Crippen LogP contribution in [0.2, 0.25) is 5.02 Å². The number of hydrogen-bond donors (Lipinski definition) is 1. The number of ether oxygens (including phenoxy) is 2. The summed E-state index contributed by atoms with van der Waals surface area (Å²) in [6.45, 7) is 10.1. The Morgan fingerprint density at radius 1 is 1.03 bits per heavy atom. The molecule has 2 aliphatic heterocycles. The van der Waals surface area contributed by atoms with E-state index in [4.69, 9.17) is 21.1 Å². The Morgan fingerprint density at radius 2 is 1.74 bits per heavy atom. The van der Waals surface area contributed by atoms with E-state index in [2.05, 4.69) is 40.2 Å². The van der Waals surface area contributed by atoms with Crippen LogP contribution in [0.15, 0.2) is 36.4 Å². The number of benzene rings is 2. The van der Waals surface area contributed by atoms with Crippen molar-refractivity contribution in [2.75, 3.05) is 45.9 Å². The van der Waals surface area contributed by atoms with Crippen LogP contribution in [-0.4, -0.2) is 61.6 Å². The minimum atomic E-state index is -0.0425. The molecule has 2 aliphatic rings. The van der Waals surface area contributed by atoms with E-state index in [-0.39, 0.29) is 12.3 Å². The number of likely N-dealkylation sites (N-methyl/N-ethyl adjacent to an activating group) is 1. The van der Waals surface area contributed by atoms with Gasteiger partial charge in [-0.1, -0.05) is 42.8 Å². The predicted octanol–water partition coefficient (Wildman–Crippen LogP) is 3.11. The number of hydrogen-bond acceptors (Lipinski definition) is 5. The van der Waals surface area contributed by atoms with Gasteiger partial charge < -0.3 is 19.7 Å². The lowest BCUT2D eigenvalue weighted by atomic mass is 10.1. The third-order valence-corrected chi connectivity index (χ3v) is 6.20. The first kappa shape index (κ1) is 21.9. The van der Waals surface area contributed by atoms with Gasteiger partial charge in [-0.05, 0) is 35.4 Å². The Labute approximate surface area is 189 Å². The van der Waals surface area contributed by atoms with Crippen LogP contribution >= 0.6 is 11.6 Å². The summed E-state index contributed by atoms with van der Waals surface area (Å²) in [6, 6.07) is 12.0. The number of fused-ring (bicyclic) bond motifs is 1. The van der Waals surface area contributed by atoms with E-state index >= 15 is 0 Å². The van der Waals surface area contributed by atoms with Crippen LogP contribution < -0.4 is 14.8 Å². The van der Waals surface area contributed by atoms with E-state index in [1.165, 1.54) is 5.56 Å². The number of nitrogens with one attached hydrogen (secondary N) is 1. The topological polar surface area (TPSA) is 54.0 Å². The van der Waals surface area contributed by atoms with E-state index < -0.39 is 0 Å². The van der Waals surface area contributed by atoms with Crippen molar-refractivity contribution >= 4 is 17.5 Å². The summed E-state index contributed by atoms with van der Waals surface area (Å²) in [5.41, 5.74) is 3.25. The molecular formula is C24H30ClN3O3. The van der Waals surface area contributed by atoms with Gasteiger partial charge in [0.1, 0.15) is 13.2 Å². The molecule has 7 heteroatoms. The van der Waals surface area contributed by atoms with Crippen LogP contribution in [0.4, 0.5) is 0 Å². The smallest absolute Gasteiger partial charge is 0.224 e. The van der Waals surface area contributed by atoms with Gasteiger partial charge in [-0.3, -0.25) is 9.69 Å². The fourth-order valence-corrected chi connectivity index (χ4v) is 4.38. The van der Waals surface area contributed by atoms with Crippen molar-refractivity contribution in [3.05, 3.63) is 58.1 Å². The Balaban J connectivity index is 1.33. The third-order valence-electron chi connectivity index (χ3n) is 5.92. The van der Waals surface area contributed by atoms with Gasteiger partial charge in [0.25, 0.3) is 0 Å². The highest BCUT2D eigenvalue weighted by Crippen LogP contribution is 2.38. The molecule has 1 N–H and O–H groups in total. The normalized spacial score (nSPS) is 16.8. The average Bonchev–Trinajstić information content (AvgIpc) is 2.79. The molecule has 166 valence electrons. The second kappa shape index (κ2) is 10.4. The van der Waals surface area contributed by atoms with Crippen LogP contribution in [-0.2, 0) is 24.3 Å². The summed E-state index contributed by atoms with van der Waals surface area (Å²) in [5.74, 6) is 1.12. The number of piperazine rings is 1. The highest BCUT2D eigenvalue weighted by Gasteiger charge is 2.19. The van der Waals surface area contributed by atoms with E-state index in [1.54, 1.807) is 6.07 Å². The first-order valence-corrected chi connectivity index (χ1v) is 11.4. The Bertz CT molecular complexity index is 913. The molecular weight excluding hydrogens is 414 g/mol. The third kappa shape index (κ3) is 5.70. The van der Waals surface area contributed by atoms with Crippen molar-refractivity contribution in [3.63, 3.8) is 0 Å². The molecule has 0 aromatic heterocycles. The van der Waals surface area contributed by atoms with Gasteiger partial charge in [0, 0.05) is 39.3 Å². The Kier molecular flexibility index (Phi) is 7.33. The molecule has 1 fully saturated rings. The number of halogens is 1. The summed E-state index contributed by atoms with van der Waals surface area (Å²) in [7, 11) is 0. The molecule has 0 unspecified atom stereocenters. The number of carbonyl (C=O) groups is 1. The molecule has 1 amide bonds. The lowest BCUT2D eigenvalue weighted by Gasteiger charge is -2.34. The quantitative estimate of drug-likeness (QED) is 0.712. The zero-order chi connectivity index (χ0) is 21.6. The van der Waals surface area contributed by atoms with Crippen molar-refractivity contribution in [2.45, 2.75) is 26.4 Å². The lowest BCUT2D eigenvalue weighted by Crippen LogP contribution is -2.45. The molecule has 0 atom stereocenters.